The topological polar surface area (TPSA) is 52.6 Å². The monoisotopic (exact) mass is 256 g/mol. The lowest BCUT2D eigenvalue weighted by molar-refractivity contribution is -0.172. The molecule has 0 aromatic heterocycles. The van der Waals surface area contributed by atoms with Gasteiger partial charge >= 0.3 is 11.9 Å². The van der Waals surface area contributed by atoms with Crippen LogP contribution >= 0.6 is 0 Å². The quantitative estimate of drug-likeness (QED) is 0.380. The minimum atomic E-state index is -1.23. The minimum Gasteiger partial charge on any atom is -0.465 e. The first-order valence-corrected chi connectivity index (χ1v) is 6.37. The van der Waals surface area contributed by atoms with E-state index < -0.39 is 17.4 Å². The molecule has 0 heterocycles. The first kappa shape index (κ1) is 16.7. The summed E-state index contributed by atoms with van der Waals surface area (Å²) in [4.78, 5) is 23.9. The molecular formula is C14H24O4. The van der Waals surface area contributed by atoms with E-state index in [1.54, 1.807) is 26.8 Å². The van der Waals surface area contributed by atoms with Crippen LogP contribution in [0.3, 0.4) is 0 Å². The van der Waals surface area contributed by atoms with Gasteiger partial charge in [0.25, 0.3) is 0 Å². The molecular weight excluding hydrogens is 232 g/mol. The maximum Gasteiger partial charge on any atom is 0.323 e. The Morgan fingerprint density at radius 3 is 2.00 bits per heavy atom. The van der Waals surface area contributed by atoms with E-state index in [9.17, 15) is 9.59 Å². The van der Waals surface area contributed by atoms with Crippen LogP contribution in [0.5, 0.6) is 0 Å². The lowest BCUT2D eigenvalue weighted by Gasteiger charge is -2.27. The molecule has 4 heteroatoms. The average Bonchev–Trinajstić information content (AvgIpc) is 2.29. The Labute approximate surface area is 109 Å². The molecule has 0 bridgehead atoms. The molecule has 0 aromatic carbocycles. The first-order valence-electron chi connectivity index (χ1n) is 6.37. The zero-order chi connectivity index (χ0) is 14.2. The van der Waals surface area contributed by atoms with Gasteiger partial charge in [-0.2, -0.15) is 0 Å². The number of hydrogen-bond acceptors (Lipinski definition) is 4. The summed E-state index contributed by atoms with van der Waals surface area (Å²) in [6.07, 6.45) is 2.92. The van der Waals surface area contributed by atoms with Crippen molar-refractivity contribution in [1.82, 2.24) is 0 Å². The molecule has 0 aliphatic carbocycles. The van der Waals surface area contributed by atoms with Gasteiger partial charge < -0.3 is 9.47 Å². The number of ether oxygens (including phenoxy) is 2. The van der Waals surface area contributed by atoms with Crippen molar-refractivity contribution < 1.29 is 19.1 Å². The summed E-state index contributed by atoms with van der Waals surface area (Å²) in [5, 5.41) is 0. The van der Waals surface area contributed by atoms with Crippen molar-refractivity contribution in [2.45, 2.75) is 40.5 Å². The van der Waals surface area contributed by atoms with Crippen LogP contribution in [-0.2, 0) is 19.1 Å². The highest BCUT2D eigenvalue weighted by molar-refractivity contribution is 5.99. The molecule has 0 radical (unpaired) electrons. The van der Waals surface area contributed by atoms with E-state index >= 15 is 0 Å². The number of esters is 2. The van der Waals surface area contributed by atoms with Crippen LogP contribution in [0, 0.1) is 11.3 Å². The highest BCUT2D eigenvalue weighted by Gasteiger charge is 2.44. The largest absolute Gasteiger partial charge is 0.465 e. The second-order valence-corrected chi connectivity index (χ2v) is 4.61. The molecule has 0 rings (SSSR count). The van der Waals surface area contributed by atoms with Gasteiger partial charge in [-0.15, -0.1) is 6.58 Å². The number of hydrogen-bond donors (Lipinski definition) is 0. The van der Waals surface area contributed by atoms with Gasteiger partial charge in [-0.3, -0.25) is 9.59 Å². The van der Waals surface area contributed by atoms with Crippen LogP contribution in [0.15, 0.2) is 12.7 Å². The fourth-order valence-corrected chi connectivity index (χ4v) is 1.90. The van der Waals surface area contributed by atoms with E-state index in [2.05, 4.69) is 6.58 Å². The molecule has 1 atom stereocenters. The number of allylic oxidation sites excluding steroid dienone is 1. The van der Waals surface area contributed by atoms with E-state index in [-0.39, 0.29) is 19.1 Å². The third kappa shape index (κ3) is 4.51. The van der Waals surface area contributed by atoms with E-state index in [0.717, 1.165) is 6.42 Å². The van der Waals surface area contributed by atoms with Crippen molar-refractivity contribution in [3.05, 3.63) is 12.7 Å². The summed E-state index contributed by atoms with van der Waals surface area (Å²) >= 11 is 0. The molecule has 0 amide bonds. The van der Waals surface area contributed by atoms with E-state index in [1.165, 1.54) is 0 Å². The van der Waals surface area contributed by atoms with Gasteiger partial charge in [0.05, 0.1) is 13.2 Å². The summed E-state index contributed by atoms with van der Waals surface area (Å²) in [6.45, 7) is 11.2. The van der Waals surface area contributed by atoms with Crippen molar-refractivity contribution in [2.24, 2.45) is 11.3 Å². The molecule has 0 aromatic rings. The highest BCUT2D eigenvalue weighted by atomic mass is 16.6. The van der Waals surface area contributed by atoms with Crippen LogP contribution in [0.4, 0.5) is 0 Å². The van der Waals surface area contributed by atoms with E-state index in [0.29, 0.717) is 6.42 Å². The third-order valence-electron chi connectivity index (χ3n) is 2.78. The first-order chi connectivity index (χ1) is 8.42. The van der Waals surface area contributed by atoms with E-state index in [4.69, 9.17) is 9.47 Å². The minimum absolute atomic E-state index is 0.168. The highest BCUT2D eigenvalue weighted by Crippen LogP contribution is 2.31. The molecule has 0 aliphatic rings. The normalized spacial score (nSPS) is 12.7. The second-order valence-electron chi connectivity index (χ2n) is 4.61. The molecule has 0 spiro atoms. The van der Waals surface area contributed by atoms with Crippen LogP contribution in [-0.4, -0.2) is 25.2 Å². The third-order valence-corrected chi connectivity index (χ3v) is 2.78. The Balaban J connectivity index is 4.95. The smallest absolute Gasteiger partial charge is 0.323 e. The summed E-state index contributed by atoms with van der Waals surface area (Å²) in [6, 6.07) is 0. The van der Waals surface area contributed by atoms with Gasteiger partial charge in [-0.05, 0) is 39.5 Å². The zero-order valence-corrected chi connectivity index (χ0v) is 11.8. The van der Waals surface area contributed by atoms with Crippen molar-refractivity contribution in [3.63, 3.8) is 0 Å². The Kier molecular flexibility index (Phi) is 7.32. The molecule has 0 aliphatic heterocycles. The van der Waals surface area contributed by atoms with Gasteiger partial charge in [0.1, 0.15) is 0 Å². The second kappa shape index (κ2) is 7.90. The van der Waals surface area contributed by atoms with E-state index in [1.807, 2.05) is 6.92 Å². The van der Waals surface area contributed by atoms with Crippen LogP contribution < -0.4 is 0 Å². The SMILES string of the molecule is C=CC[C@H](C)CC(C)(C(=O)OCC)C(=O)OCC. The molecule has 0 unspecified atom stereocenters. The van der Waals surface area contributed by atoms with Crippen molar-refractivity contribution in [2.75, 3.05) is 13.2 Å². The molecule has 0 fully saturated rings. The average molecular weight is 256 g/mol. The van der Waals surface area contributed by atoms with Gasteiger partial charge in [-0.25, -0.2) is 0 Å². The van der Waals surface area contributed by atoms with Gasteiger partial charge in [0.2, 0.25) is 0 Å². The standard InChI is InChI=1S/C14H24O4/c1-6-9-11(4)10-14(5,12(15)17-7-2)13(16)18-8-3/h6,11H,1,7-10H2,2-5H3/t11-/m0/s1. The molecule has 0 N–H and O–H groups in total. The molecule has 4 nitrogen and oxygen atoms in total. The lowest BCUT2D eigenvalue weighted by Crippen LogP contribution is -2.40. The summed E-state index contributed by atoms with van der Waals surface area (Å²) in [5.74, 6) is -0.861. The molecule has 0 saturated carbocycles. The van der Waals surface area contributed by atoms with Crippen molar-refractivity contribution in [1.29, 1.82) is 0 Å². The van der Waals surface area contributed by atoms with Crippen molar-refractivity contribution in [3.8, 4) is 0 Å². The zero-order valence-electron chi connectivity index (χ0n) is 11.8. The predicted octanol–water partition coefficient (Wildman–Crippen LogP) is 2.72. The maximum atomic E-state index is 12.0. The Morgan fingerprint density at radius 1 is 1.22 bits per heavy atom. The molecule has 104 valence electrons. The summed E-state index contributed by atoms with van der Waals surface area (Å²) < 4.78 is 9.98. The molecule has 18 heavy (non-hydrogen) atoms. The Morgan fingerprint density at radius 2 is 1.67 bits per heavy atom. The maximum absolute atomic E-state index is 12.0. The van der Waals surface area contributed by atoms with Gasteiger partial charge in [0, 0.05) is 0 Å². The van der Waals surface area contributed by atoms with Gasteiger partial charge in [-0.1, -0.05) is 13.0 Å². The Hall–Kier alpha value is -1.32. The summed E-state index contributed by atoms with van der Waals surface area (Å²) in [7, 11) is 0. The number of rotatable bonds is 8. The van der Waals surface area contributed by atoms with Crippen LogP contribution in [0.2, 0.25) is 0 Å². The summed E-state index contributed by atoms with van der Waals surface area (Å²) in [5.41, 5.74) is -1.23. The van der Waals surface area contributed by atoms with Crippen LogP contribution in [0.25, 0.3) is 0 Å². The fourth-order valence-electron chi connectivity index (χ4n) is 1.90. The molecule has 0 saturated heterocycles. The number of carbonyl (C=O) groups excluding carboxylic acids is 2. The Bertz CT molecular complexity index is 278. The van der Waals surface area contributed by atoms with Gasteiger partial charge in [0.15, 0.2) is 5.41 Å². The predicted molar refractivity (Wildman–Crippen MR) is 70.0 cm³/mol. The lowest BCUT2D eigenvalue weighted by atomic mass is 9.80. The fraction of sp³-hybridized carbons (Fsp3) is 0.714. The number of carbonyl (C=O) groups is 2. The van der Waals surface area contributed by atoms with Crippen molar-refractivity contribution >= 4 is 11.9 Å². The van der Waals surface area contributed by atoms with Crippen LogP contribution in [0.1, 0.15) is 40.5 Å².